The quantitative estimate of drug-likeness (QED) is 0.676. The fourth-order valence-corrected chi connectivity index (χ4v) is 2.11. The molecule has 1 saturated heterocycles. The van der Waals surface area contributed by atoms with Crippen molar-refractivity contribution in [2.75, 3.05) is 0 Å². The normalized spacial score (nSPS) is 24.3. The molecule has 6 nitrogen and oxygen atoms in total. The van der Waals surface area contributed by atoms with E-state index in [0.29, 0.717) is 5.56 Å². The van der Waals surface area contributed by atoms with Crippen molar-refractivity contribution in [1.82, 2.24) is 10.6 Å². The summed E-state index contributed by atoms with van der Waals surface area (Å²) in [5.41, 5.74) is -1.10. The third kappa shape index (κ3) is 1.62. The van der Waals surface area contributed by atoms with Gasteiger partial charge in [0.25, 0.3) is 5.91 Å². The van der Waals surface area contributed by atoms with Crippen molar-refractivity contribution in [3.8, 4) is 0 Å². The lowest BCUT2D eigenvalue weighted by Gasteiger charge is -2.30. The number of hydrogen-bond acceptors (Lipinski definition) is 3. The van der Waals surface area contributed by atoms with E-state index < -0.39 is 29.4 Å². The van der Waals surface area contributed by atoms with Crippen molar-refractivity contribution in [3.63, 3.8) is 0 Å². The molecule has 3 N–H and O–H groups in total. The highest BCUT2D eigenvalue weighted by atomic mass is 16.4. The first kappa shape index (κ1) is 12.1. The molecule has 1 fully saturated rings. The van der Waals surface area contributed by atoms with Gasteiger partial charge in [0.05, 0.1) is 5.92 Å². The Morgan fingerprint density at radius 2 is 1.89 bits per heavy atom. The number of aliphatic carboxylic acids is 1. The summed E-state index contributed by atoms with van der Waals surface area (Å²) in [5, 5.41) is 13.7. The van der Waals surface area contributed by atoms with Gasteiger partial charge in [-0.05, 0) is 12.5 Å². The van der Waals surface area contributed by atoms with E-state index in [4.69, 9.17) is 5.11 Å². The third-order valence-corrected chi connectivity index (χ3v) is 3.14. The average Bonchev–Trinajstić information content (AvgIpc) is 2.65. The monoisotopic (exact) mass is 248 g/mol. The zero-order chi connectivity index (χ0) is 13.3. The Kier molecular flexibility index (Phi) is 2.78. The fraction of sp³-hybridized carbons (Fsp3) is 0.250. The van der Waals surface area contributed by atoms with Gasteiger partial charge in [0.2, 0.25) is 0 Å². The predicted octanol–water partition coefficient (Wildman–Crippen LogP) is 0.442. The van der Waals surface area contributed by atoms with Crippen LogP contribution in [0.4, 0.5) is 4.79 Å². The summed E-state index contributed by atoms with van der Waals surface area (Å²) in [4.78, 5) is 34.5. The minimum atomic E-state index is -1.55. The summed E-state index contributed by atoms with van der Waals surface area (Å²) in [6.07, 6.45) is 0. The molecule has 0 aliphatic carbocycles. The SMILES string of the molecule is CC(C(=O)O)C1(c2ccccc2)NC(=O)NC1=O. The first-order chi connectivity index (χ1) is 8.48. The Balaban J connectivity index is 2.58. The highest BCUT2D eigenvalue weighted by Gasteiger charge is 2.54. The minimum absolute atomic E-state index is 0.447. The Morgan fingerprint density at radius 1 is 1.28 bits per heavy atom. The van der Waals surface area contributed by atoms with Crippen LogP contribution in [0.3, 0.4) is 0 Å². The Bertz CT molecular complexity index is 514. The van der Waals surface area contributed by atoms with Gasteiger partial charge in [-0.2, -0.15) is 0 Å². The molecule has 0 saturated carbocycles. The first-order valence-electron chi connectivity index (χ1n) is 5.40. The molecular formula is C12H12N2O4. The zero-order valence-electron chi connectivity index (χ0n) is 9.64. The maximum absolute atomic E-state index is 12.0. The molecule has 2 atom stereocenters. The Labute approximate surface area is 103 Å². The lowest BCUT2D eigenvalue weighted by Crippen LogP contribution is -2.51. The van der Waals surface area contributed by atoms with Crippen LogP contribution in [0.25, 0.3) is 0 Å². The lowest BCUT2D eigenvalue weighted by molar-refractivity contribution is -0.147. The predicted molar refractivity (Wildman–Crippen MR) is 61.6 cm³/mol. The minimum Gasteiger partial charge on any atom is -0.481 e. The summed E-state index contributed by atoms with van der Waals surface area (Å²) >= 11 is 0. The maximum atomic E-state index is 12.0. The van der Waals surface area contributed by atoms with E-state index in [1.807, 2.05) is 0 Å². The summed E-state index contributed by atoms with van der Waals surface area (Å²) < 4.78 is 0. The number of carboxylic acids is 1. The molecule has 0 aromatic heterocycles. The molecule has 0 spiro atoms. The largest absolute Gasteiger partial charge is 0.481 e. The molecule has 1 aliphatic rings. The number of carbonyl (C=O) groups excluding carboxylic acids is 2. The van der Waals surface area contributed by atoms with Crippen molar-refractivity contribution in [2.24, 2.45) is 5.92 Å². The molecule has 1 aliphatic heterocycles. The molecule has 94 valence electrons. The number of rotatable bonds is 3. The van der Waals surface area contributed by atoms with Crippen LogP contribution in [0.1, 0.15) is 12.5 Å². The number of benzene rings is 1. The van der Waals surface area contributed by atoms with Crippen molar-refractivity contribution < 1.29 is 19.5 Å². The van der Waals surface area contributed by atoms with E-state index in [0.717, 1.165) is 0 Å². The zero-order valence-corrected chi connectivity index (χ0v) is 9.64. The van der Waals surface area contributed by atoms with Crippen LogP contribution < -0.4 is 10.6 Å². The molecule has 1 aromatic rings. The van der Waals surface area contributed by atoms with Crippen molar-refractivity contribution >= 4 is 17.9 Å². The molecule has 18 heavy (non-hydrogen) atoms. The van der Waals surface area contributed by atoms with Gasteiger partial charge >= 0.3 is 12.0 Å². The van der Waals surface area contributed by atoms with Crippen molar-refractivity contribution in [3.05, 3.63) is 35.9 Å². The van der Waals surface area contributed by atoms with Crippen LogP contribution in [0.5, 0.6) is 0 Å². The van der Waals surface area contributed by atoms with Gasteiger partial charge < -0.3 is 10.4 Å². The summed E-state index contributed by atoms with van der Waals surface area (Å²) in [6.45, 7) is 1.39. The molecule has 2 rings (SSSR count). The van der Waals surface area contributed by atoms with Gasteiger partial charge in [-0.25, -0.2) is 4.79 Å². The number of nitrogens with one attached hydrogen (secondary N) is 2. The van der Waals surface area contributed by atoms with E-state index in [2.05, 4.69) is 10.6 Å². The number of amides is 3. The summed E-state index contributed by atoms with van der Waals surface area (Å²) in [6, 6.07) is 7.66. The van der Waals surface area contributed by atoms with E-state index in [9.17, 15) is 14.4 Å². The smallest absolute Gasteiger partial charge is 0.322 e. The van der Waals surface area contributed by atoms with E-state index >= 15 is 0 Å². The molecule has 0 radical (unpaired) electrons. The maximum Gasteiger partial charge on any atom is 0.322 e. The number of carboxylic acid groups (broad SMARTS) is 1. The standard InChI is InChI=1S/C12H12N2O4/c1-7(9(15)16)12(8-5-3-2-4-6-8)10(17)13-11(18)14-12/h2-7H,1H3,(H,15,16)(H2,13,14,17,18). The van der Waals surface area contributed by atoms with Gasteiger partial charge in [-0.3, -0.25) is 14.9 Å². The molecule has 0 bridgehead atoms. The second-order valence-corrected chi connectivity index (χ2v) is 4.14. The molecule has 6 heteroatoms. The van der Waals surface area contributed by atoms with Gasteiger partial charge in [-0.15, -0.1) is 0 Å². The lowest BCUT2D eigenvalue weighted by atomic mass is 9.79. The molecule has 1 aromatic carbocycles. The van der Waals surface area contributed by atoms with E-state index in [1.54, 1.807) is 30.3 Å². The van der Waals surface area contributed by atoms with Crippen molar-refractivity contribution in [1.29, 1.82) is 0 Å². The van der Waals surface area contributed by atoms with Crippen LogP contribution in [0, 0.1) is 5.92 Å². The van der Waals surface area contributed by atoms with Gasteiger partial charge in [0.15, 0.2) is 5.54 Å². The summed E-state index contributed by atoms with van der Waals surface area (Å²) in [5.74, 6) is -2.88. The second kappa shape index (κ2) is 4.14. The van der Waals surface area contributed by atoms with Crippen molar-refractivity contribution in [2.45, 2.75) is 12.5 Å². The van der Waals surface area contributed by atoms with Gasteiger partial charge in [-0.1, -0.05) is 30.3 Å². The topological polar surface area (TPSA) is 95.5 Å². The summed E-state index contributed by atoms with van der Waals surface area (Å²) in [7, 11) is 0. The number of urea groups is 1. The van der Waals surface area contributed by atoms with E-state index in [1.165, 1.54) is 6.92 Å². The molecule has 3 amide bonds. The molecular weight excluding hydrogens is 236 g/mol. The van der Waals surface area contributed by atoms with Crippen LogP contribution >= 0.6 is 0 Å². The first-order valence-corrected chi connectivity index (χ1v) is 5.40. The fourth-order valence-electron chi connectivity index (χ4n) is 2.11. The van der Waals surface area contributed by atoms with Crippen LogP contribution in [0.2, 0.25) is 0 Å². The van der Waals surface area contributed by atoms with Gasteiger partial charge in [0.1, 0.15) is 0 Å². The second-order valence-electron chi connectivity index (χ2n) is 4.14. The van der Waals surface area contributed by atoms with Crippen LogP contribution in [-0.2, 0) is 15.1 Å². The number of carbonyl (C=O) groups is 3. The Morgan fingerprint density at radius 3 is 2.33 bits per heavy atom. The highest BCUT2D eigenvalue weighted by Crippen LogP contribution is 2.32. The van der Waals surface area contributed by atoms with Crippen LogP contribution in [-0.4, -0.2) is 23.0 Å². The third-order valence-electron chi connectivity index (χ3n) is 3.14. The average molecular weight is 248 g/mol. The highest BCUT2D eigenvalue weighted by molar-refractivity contribution is 6.09. The van der Waals surface area contributed by atoms with Crippen LogP contribution in [0.15, 0.2) is 30.3 Å². The Hall–Kier alpha value is -2.37. The number of imide groups is 1. The number of hydrogen-bond donors (Lipinski definition) is 3. The van der Waals surface area contributed by atoms with E-state index in [-0.39, 0.29) is 0 Å². The van der Waals surface area contributed by atoms with Gasteiger partial charge in [0, 0.05) is 0 Å². The molecule has 2 unspecified atom stereocenters. The molecule has 1 heterocycles.